The first-order valence-corrected chi connectivity index (χ1v) is 9.20. The van der Waals surface area contributed by atoms with Crippen LogP contribution in [0.2, 0.25) is 0 Å². The van der Waals surface area contributed by atoms with Crippen LogP contribution in [0.4, 0.5) is 4.79 Å². The summed E-state index contributed by atoms with van der Waals surface area (Å²) >= 11 is 0. The van der Waals surface area contributed by atoms with Crippen LogP contribution in [0, 0.1) is 0 Å². The molecule has 144 valence electrons. The standard InChI is InChI=1S/C15H20N4O5S.ClH/c1-15(13(20)17-14(21)18-15)11-7-10(3-4-12(11)24-2)25(22,23)19-6-5-9(16)8-19;/h3-4,7,9H,5-6,8,16H2,1-2H3,(H2,17,18,20,21);1H/t9-,15?;/m1./s1. The molecule has 2 fully saturated rings. The summed E-state index contributed by atoms with van der Waals surface area (Å²) in [5.74, 6) is -0.273. The maximum atomic E-state index is 12.8. The van der Waals surface area contributed by atoms with Crippen molar-refractivity contribution in [2.45, 2.75) is 29.8 Å². The van der Waals surface area contributed by atoms with E-state index in [2.05, 4.69) is 10.6 Å². The van der Waals surface area contributed by atoms with E-state index in [4.69, 9.17) is 10.5 Å². The van der Waals surface area contributed by atoms with Gasteiger partial charge in [-0.3, -0.25) is 10.1 Å². The molecule has 0 aromatic heterocycles. The van der Waals surface area contributed by atoms with E-state index >= 15 is 0 Å². The Kier molecular flexibility index (Phi) is 5.52. The first kappa shape index (κ1) is 20.4. The fourth-order valence-electron chi connectivity index (χ4n) is 3.09. The minimum atomic E-state index is -3.75. The second-order valence-corrected chi connectivity index (χ2v) is 8.25. The number of carbonyl (C=O) groups excluding carboxylic acids is 2. The average Bonchev–Trinajstić information content (AvgIpc) is 3.11. The molecule has 0 saturated carbocycles. The molecule has 4 N–H and O–H groups in total. The number of benzene rings is 1. The van der Waals surface area contributed by atoms with Gasteiger partial charge in [0.15, 0.2) is 0 Å². The predicted octanol–water partition coefficient (Wildman–Crippen LogP) is -0.107. The quantitative estimate of drug-likeness (QED) is 0.600. The topological polar surface area (TPSA) is 131 Å². The summed E-state index contributed by atoms with van der Waals surface area (Å²) in [6.45, 7) is 2.09. The van der Waals surface area contributed by atoms with E-state index in [1.165, 1.54) is 36.5 Å². The highest BCUT2D eigenvalue weighted by Gasteiger charge is 2.46. The molecule has 0 spiro atoms. The van der Waals surface area contributed by atoms with Gasteiger partial charge in [-0.1, -0.05) is 0 Å². The van der Waals surface area contributed by atoms with Gasteiger partial charge in [0.2, 0.25) is 10.0 Å². The SMILES string of the molecule is COc1ccc(S(=O)(=O)N2CC[C@@H](N)C2)cc1C1(C)NC(=O)NC1=O.Cl. The highest BCUT2D eigenvalue weighted by Crippen LogP contribution is 2.35. The first-order chi connectivity index (χ1) is 11.7. The van der Waals surface area contributed by atoms with Gasteiger partial charge in [0, 0.05) is 24.7 Å². The highest BCUT2D eigenvalue weighted by molar-refractivity contribution is 7.89. The molecular formula is C15H21ClN4O5S. The summed E-state index contributed by atoms with van der Waals surface area (Å²) in [7, 11) is -2.35. The summed E-state index contributed by atoms with van der Waals surface area (Å²) in [6.07, 6.45) is 0.596. The molecule has 1 aromatic rings. The van der Waals surface area contributed by atoms with E-state index < -0.39 is 27.5 Å². The Bertz CT molecular complexity index is 846. The van der Waals surface area contributed by atoms with Gasteiger partial charge in [-0.05, 0) is 31.5 Å². The molecule has 9 nitrogen and oxygen atoms in total. The number of rotatable bonds is 4. The van der Waals surface area contributed by atoms with Crippen LogP contribution in [0.5, 0.6) is 5.75 Å². The van der Waals surface area contributed by atoms with E-state index in [1.54, 1.807) is 0 Å². The molecule has 2 aliphatic rings. The van der Waals surface area contributed by atoms with Crippen molar-refractivity contribution in [2.75, 3.05) is 20.2 Å². The first-order valence-electron chi connectivity index (χ1n) is 7.76. The second kappa shape index (κ2) is 7.03. The van der Waals surface area contributed by atoms with E-state index in [0.717, 1.165) is 0 Å². The van der Waals surface area contributed by atoms with E-state index in [-0.39, 0.29) is 35.5 Å². The number of ether oxygens (including phenoxy) is 1. The van der Waals surface area contributed by atoms with E-state index in [1.807, 2.05) is 0 Å². The van der Waals surface area contributed by atoms with Gasteiger partial charge in [-0.15, -0.1) is 12.4 Å². The molecule has 2 atom stereocenters. The number of carbonyl (C=O) groups is 2. The van der Waals surface area contributed by atoms with Gasteiger partial charge in [0.05, 0.1) is 12.0 Å². The number of hydrogen-bond donors (Lipinski definition) is 3. The normalized spacial score (nSPS) is 26.2. The molecule has 2 heterocycles. The van der Waals surface area contributed by atoms with Crippen LogP contribution in [0.3, 0.4) is 0 Å². The molecule has 2 saturated heterocycles. The van der Waals surface area contributed by atoms with Gasteiger partial charge in [0.1, 0.15) is 11.3 Å². The van der Waals surface area contributed by atoms with Crippen molar-refractivity contribution in [2.24, 2.45) is 5.73 Å². The third kappa shape index (κ3) is 3.25. The number of methoxy groups -OCH3 is 1. The Hall–Kier alpha value is -1.88. The lowest BCUT2D eigenvalue weighted by Gasteiger charge is -2.25. The number of nitrogens with zero attached hydrogens (tertiary/aromatic N) is 1. The number of sulfonamides is 1. The van der Waals surface area contributed by atoms with Gasteiger partial charge in [-0.25, -0.2) is 13.2 Å². The molecule has 3 amide bonds. The summed E-state index contributed by atoms with van der Waals surface area (Å²) in [6, 6.07) is 3.42. The van der Waals surface area contributed by atoms with Crippen LogP contribution in [0.1, 0.15) is 18.9 Å². The lowest BCUT2D eigenvalue weighted by Crippen LogP contribution is -2.41. The van der Waals surface area contributed by atoms with Crippen molar-refractivity contribution in [3.8, 4) is 5.75 Å². The Morgan fingerprint density at radius 3 is 2.54 bits per heavy atom. The molecule has 2 aliphatic heterocycles. The van der Waals surface area contributed by atoms with Crippen LogP contribution in [0.15, 0.2) is 23.1 Å². The number of amides is 3. The van der Waals surface area contributed by atoms with Crippen molar-refractivity contribution in [3.63, 3.8) is 0 Å². The Balaban J connectivity index is 0.00000243. The Labute approximate surface area is 157 Å². The van der Waals surface area contributed by atoms with Crippen molar-refractivity contribution >= 4 is 34.4 Å². The third-order valence-electron chi connectivity index (χ3n) is 4.58. The highest BCUT2D eigenvalue weighted by atomic mass is 35.5. The smallest absolute Gasteiger partial charge is 0.322 e. The minimum absolute atomic E-state index is 0. The lowest BCUT2D eigenvalue weighted by atomic mass is 9.91. The molecule has 26 heavy (non-hydrogen) atoms. The van der Waals surface area contributed by atoms with Crippen LogP contribution in [-0.4, -0.2) is 50.9 Å². The Morgan fingerprint density at radius 2 is 2.04 bits per heavy atom. The minimum Gasteiger partial charge on any atom is -0.496 e. The monoisotopic (exact) mass is 404 g/mol. The molecule has 11 heteroatoms. The molecular weight excluding hydrogens is 384 g/mol. The van der Waals surface area contributed by atoms with Gasteiger partial charge in [0.25, 0.3) is 5.91 Å². The number of nitrogens with two attached hydrogens (primary N) is 1. The number of urea groups is 1. The van der Waals surface area contributed by atoms with Crippen LogP contribution < -0.4 is 21.1 Å². The Morgan fingerprint density at radius 1 is 1.35 bits per heavy atom. The van der Waals surface area contributed by atoms with E-state index in [9.17, 15) is 18.0 Å². The summed E-state index contributed by atoms with van der Waals surface area (Å²) < 4.78 is 32.3. The molecule has 0 radical (unpaired) electrons. The zero-order chi connectivity index (χ0) is 18.4. The van der Waals surface area contributed by atoms with Crippen molar-refractivity contribution in [1.29, 1.82) is 0 Å². The number of imide groups is 1. The van der Waals surface area contributed by atoms with Gasteiger partial charge >= 0.3 is 6.03 Å². The largest absolute Gasteiger partial charge is 0.496 e. The lowest BCUT2D eigenvalue weighted by molar-refractivity contribution is -0.123. The molecule has 0 aliphatic carbocycles. The van der Waals surface area contributed by atoms with Crippen LogP contribution >= 0.6 is 12.4 Å². The number of halogens is 1. The van der Waals surface area contributed by atoms with Crippen molar-refractivity contribution in [3.05, 3.63) is 23.8 Å². The molecule has 1 unspecified atom stereocenters. The summed E-state index contributed by atoms with van der Waals surface area (Å²) in [4.78, 5) is 23.8. The molecule has 0 bridgehead atoms. The molecule has 3 rings (SSSR count). The van der Waals surface area contributed by atoms with E-state index in [0.29, 0.717) is 18.7 Å². The van der Waals surface area contributed by atoms with Crippen molar-refractivity contribution < 1.29 is 22.7 Å². The summed E-state index contributed by atoms with van der Waals surface area (Å²) in [5.41, 5.74) is 4.65. The fourth-order valence-corrected chi connectivity index (χ4v) is 4.63. The fraction of sp³-hybridized carbons (Fsp3) is 0.467. The average molecular weight is 405 g/mol. The van der Waals surface area contributed by atoms with Crippen LogP contribution in [-0.2, 0) is 20.4 Å². The zero-order valence-electron chi connectivity index (χ0n) is 14.3. The molecule has 1 aromatic carbocycles. The van der Waals surface area contributed by atoms with Gasteiger partial charge in [-0.2, -0.15) is 4.31 Å². The zero-order valence-corrected chi connectivity index (χ0v) is 15.9. The second-order valence-electron chi connectivity index (χ2n) is 6.31. The van der Waals surface area contributed by atoms with Crippen LogP contribution in [0.25, 0.3) is 0 Å². The maximum absolute atomic E-state index is 12.8. The third-order valence-corrected chi connectivity index (χ3v) is 6.44. The predicted molar refractivity (Wildman–Crippen MR) is 95.6 cm³/mol. The summed E-state index contributed by atoms with van der Waals surface area (Å²) in [5, 5.41) is 4.67. The van der Waals surface area contributed by atoms with Gasteiger partial charge < -0.3 is 15.8 Å². The maximum Gasteiger partial charge on any atom is 0.322 e. The number of nitrogens with one attached hydrogen (secondary N) is 2. The number of hydrogen-bond acceptors (Lipinski definition) is 6. The van der Waals surface area contributed by atoms with Crippen molar-refractivity contribution in [1.82, 2.24) is 14.9 Å².